The summed E-state index contributed by atoms with van der Waals surface area (Å²) in [5.41, 5.74) is 3.51. The molecule has 0 aliphatic carbocycles. The van der Waals surface area contributed by atoms with E-state index in [9.17, 15) is 13.2 Å². The fourth-order valence-corrected chi connectivity index (χ4v) is 3.77. The maximum absolute atomic E-state index is 12.8. The average molecular weight is 375 g/mol. The van der Waals surface area contributed by atoms with Gasteiger partial charge in [0.25, 0.3) is 15.9 Å². The molecule has 1 amide bonds. The van der Waals surface area contributed by atoms with Gasteiger partial charge in [-0.25, -0.2) is 8.42 Å². The molecule has 0 bridgehead atoms. The predicted octanol–water partition coefficient (Wildman–Crippen LogP) is 3.80. The van der Waals surface area contributed by atoms with E-state index in [0.717, 1.165) is 11.1 Å². The molecule has 0 aliphatic heterocycles. The molecule has 0 saturated heterocycles. The minimum atomic E-state index is -3.79. The SMILES string of the molecule is Cc1ccc(NS(=O)(=O)c2cc(C(=O)NCC(C)C)ccc2C)cc1C. The Hall–Kier alpha value is -2.34. The van der Waals surface area contributed by atoms with E-state index in [4.69, 9.17) is 0 Å². The summed E-state index contributed by atoms with van der Waals surface area (Å²) in [5.74, 6) is 0.0420. The van der Waals surface area contributed by atoms with Gasteiger partial charge in [0.15, 0.2) is 0 Å². The summed E-state index contributed by atoms with van der Waals surface area (Å²) in [6.07, 6.45) is 0. The maximum atomic E-state index is 12.8. The lowest BCUT2D eigenvalue weighted by Crippen LogP contribution is -2.27. The summed E-state index contributed by atoms with van der Waals surface area (Å²) in [4.78, 5) is 12.4. The van der Waals surface area contributed by atoms with Gasteiger partial charge in [0.1, 0.15) is 0 Å². The highest BCUT2D eigenvalue weighted by Gasteiger charge is 2.19. The first-order valence-electron chi connectivity index (χ1n) is 8.59. The molecule has 2 N–H and O–H groups in total. The molecule has 0 spiro atoms. The van der Waals surface area contributed by atoms with E-state index in [2.05, 4.69) is 10.0 Å². The lowest BCUT2D eigenvalue weighted by Gasteiger charge is -2.13. The van der Waals surface area contributed by atoms with Crippen LogP contribution in [0.1, 0.15) is 40.9 Å². The molecule has 0 aliphatic rings. The zero-order chi connectivity index (χ0) is 19.5. The smallest absolute Gasteiger partial charge is 0.262 e. The van der Waals surface area contributed by atoms with Crippen LogP contribution >= 0.6 is 0 Å². The Bertz CT molecular complexity index is 919. The van der Waals surface area contributed by atoms with Crippen LogP contribution in [0.15, 0.2) is 41.3 Å². The first kappa shape index (κ1) is 20.0. The van der Waals surface area contributed by atoms with Crippen molar-refractivity contribution in [3.8, 4) is 0 Å². The highest BCUT2D eigenvalue weighted by Crippen LogP contribution is 2.22. The molecule has 140 valence electrons. The summed E-state index contributed by atoms with van der Waals surface area (Å²) in [7, 11) is -3.79. The van der Waals surface area contributed by atoms with Crippen LogP contribution in [0, 0.1) is 26.7 Å². The number of hydrogen-bond acceptors (Lipinski definition) is 3. The van der Waals surface area contributed by atoms with Gasteiger partial charge in [0, 0.05) is 17.8 Å². The van der Waals surface area contributed by atoms with Gasteiger partial charge < -0.3 is 5.32 Å². The van der Waals surface area contributed by atoms with Crippen LogP contribution < -0.4 is 10.0 Å². The number of carbonyl (C=O) groups excluding carboxylic acids is 1. The molecule has 0 unspecified atom stereocenters. The van der Waals surface area contributed by atoms with Crippen LogP contribution in [-0.4, -0.2) is 20.9 Å². The molecular formula is C20H26N2O3S. The maximum Gasteiger partial charge on any atom is 0.262 e. The van der Waals surface area contributed by atoms with Crippen LogP contribution in [0.5, 0.6) is 0 Å². The Morgan fingerprint density at radius 2 is 1.62 bits per heavy atom. The van der Waals surface area contributed by atoms with Crippen LogP contribution in [-0.2, 0) is 10.0 Å². The quantitative estimate of drug-likeness (QED) is 0.807. The fraction of sp³-hybridized carbons (Fsp3) is 0.350. The molecule has 2 aromatic carbocycles. The molecule has 2 rings (SSSR count). The Labute approximate surface area is 155 Å². The van der Waals surface area contributed by atoms with E-state index in [0.29, 0.717) is 29.3 Å². The standard InChI is InChI=1S/C20H26N2O3S/c1-13(2)12-21-20(23)17-8-6-15(4)19(11-17)26(24,25)22-18-9-7-14(3)16(5)10-18/h6-11,13,22H,12H2,1-5H3,(H,21,23). The van der Waals surface area contributed by atoms with Crippen molar-refractivity contribution in [2.24, 2.45) is 5.92 Å². The average Bonchev–Trinajstić information content (AvgIpc) is 2.56. The number of amides is 1. The fourth-order valence-electron chi connectivity index (χ4n) is 2.44. The van der Waals surface area contributed by atoms with Crippen LogP contribution in [0.2, 0.25) is 0 Å². The van der Waals surface area contributed by atoms with Crippen LogP contribution in [0.25, 0.3) is 0 Å². The Morgan fingerprint density at radius 1 is 0.962 bits per heavy atom. The number of aryl methyl sites for hydroxylation is 3. The number of anilines is 1. The topological polar surface area (TPSA) is 75.3 Å². The van der Waals surface area contributed by atoms with Crippen molar-refractivity contribution in [1.29, 1.82) is 0 Å². The number of hydrogen-bond donors (Lipinski definition) is 2. The van der Waals surface area contributed by atoms with E-state index in [1.807, 2.05) is 33.8 Å². The van der Waals surface area contributed by atoms with Crippen molar-refractivity contribution in [1.82, 2.24) is 5.32 Å². The molecule has 5 nitrogen and oxygen atoms in total. The molecule has 26 heavy (non-hydrogen) atoms. The van der Waals surface area contributed by atoms with Crippen molar-refractivity contribution in [3.63, 3.8) is 0 Å². The van der Waals surface area contributed by atoms with Gasteiger partial charge in [-0.15, -0.1) is 0 Å². The minimum absolute atomic E-state index is 0.105. The normalized spacial score (nSPS) is 11.5. The second kappa shape index (κ2) is 7.91. The van der Waals surface area contributed by atoms with E-state index >= 15 is 0 Å². The summed E-state index contributed by atoms with van der Waals surface area (Å²) in [5, 5.41) is 2.81. The zero-order valence-electron chi connectivity index (χ0n) is 15.9. The van der Waals surface area contributed by atoms with Crippen molar-refractivity contribution in [2.45, 2.75) is 39.5 Å². The van der Waals surface area contributed by atoms with Gasteiger partial charge >= 0.3 is 0 Å². The third-order valence-corrected chi connectivity index (χ3v) is 5.69. The Morgan fingerprint density at radius 3 is 2.23 bits per heavy atom. The van der Waals surface area contributed by atoms with Gasteiger partial charge in [0.05, 0.1) is 4.90 Å². The third kappa shape index (κ3) is 4.85. The molecule has 0 fully saturated rings. The zero-order valence-corrected chi connectivity index (χ0v) is 16.7. The van der Waals surface area contributed by atoms with Crippen LogP contribution in [0.3, 0.4) is 0 Å². The van der Waals surface area contributed by atoms with E-state index in [1.165, 1.54) is 6.07 Å². The Balaban J connectivity index is 2.31. The Kier molecular flexibility index (Phi) is 6.08. The van der Waals surface area contributed by atoms with E-state index in [-0.39, 0.29) is 10.8 Å². The number of carbonyl (C=O) groups is 1. The molecule has 0 radical (unpaired) electrons. The number of benzene rings is 2. The highest BCUT2D eigenvalue weighted by atomic mass is 32.2. The van der Waals surface area contributed by atoms with E-state index < -0.39 is 10.0 Å². The van der Waals surface area contributed by atoms with Gasteiger partial charge in [0.2, 0.25) is 0 Å². The summed E-state index contributed by atoms with van der Waals surface area (Å²) < 4.78 is 28.2. The first-order chi connectivity index (χ1) is 12.1. The summed E-state index contributed by atoms with van der Waals surface area (Å²) >= 11 is 0. The monoisotopic (exact) mass is 374 g/mol. The highest BCUT2D eigenvalue weighted by molar-refractivity contribution is 7.92. The molecule has 2 aromatic rings. The second-order valence-electron chi connectivity index (χ2n) is 6.99. The number of rotatable bonds is 6. The van der Waals surface area contributed by atoms with Gasteiger partial charge in [-0.05, 0) is 67.6 Å². The number of sulfonamides is 1. The molecule has 6 heteroatoms. The molecule has 0 aromatic heterocycles. The molecule has 0 atom stereocenters. The predicted molar refractivity (Wildman–Crippen MR) is 105 cm³/mol. The van der Waals surface area contributed by atoms with Crippen molar-refractivity contribution in [3.05, 3.63) is 58.7 Å². The lowest BCUT2D eigenvalue weighted by atomic mass is 10.1. The van der Waals surface area contributed by atoms with Gasteiger partial charge in [-0.1, -0.05) is 26.0 Å². The first-order valence-corrected chi connectivity index (χ1v) is 10.1. The molecule has 0 heterocycles. The molecular weight excluding hydrogens is 348 g/mol. The van der Waals surface area contributed by atoms with E-state index in [1.54, 1.807) is 31.2 Å². The summed E-state index contributed by atoms with van der Waals surface area (Å²) in [6, 6.07) is 10.1. The lowest BCUT2D eigenvalue weighted by molar-refractivity contribution is 0.0949. The minimum Gasteiger partial charge on any atom is -0.352 e. The summed E-state index contributed by atoms with van der Waals surface area (Å²) in [6.45, 7) is 10.1. The van der Waals surface area contributed by atoms with Crippen molar-refractivity contribution in [2.75, 3.05) is 11.3 Å². The van der Waals surface area contributed by atoms with Crippen molar-refractivity contribution >= 4 is 21.6 Å². The van der Waals surface area contributed by atoms with Crippen molar-refractivity contribution < 1.29 is 13.2 Å². The molecule has 0 saturated carbocycles. The largest absolute Gasteiger partial charge is 0.352 e. The second-order valence-corrected chi connectivity index (χ2v) is 8.64. The van der Waals surface area contributed by atoms with Gasteiger partial charge in [-0.3, -0.25) is 9.52 Å². The third-order valence-electron chi connectivity index (χ3n) is 4.17. The van der Waals surface area contributed by atoms with Gasteiger partial charge in [-0.2, -0.15) is 0 Å². The van der Waals surface area contributed by atoms with Crippen LogP contribution in [0.4, 0.5) is 5.69 Å². The number of nitrogens with one attached hydrogen (secondary N) is 2.